The van der Waals surface area contributed by atoms with Crippen LogP contribution in [-0.2, 0) is 23.8 Å². The summed E-state index contributed by atoms with van der Waals surface area (Å²) in [5, 5.41) is 2.74. The Hall–Kier alpha value is -2.62. The molecule has 3 aliphatic heterocycles. The summed E-state index contributed by atoms with van der Waals surface area (Å²) < 4.78 is 16.0. The Bertz CT molecular complexity index is 1060. The number of amides is 1. The minimum Gasteiger partial charge on any atom is -0.460 e. The smallest absolute Gasteiger partial charge is 0.338 e. The zero-order chi connectivity index (χ0) is 24.2. The van der Waals surface area contributed by atoms with Gasteiger partial charge in [0.15, 0.2) is 5.17 Å². The number of carbonyl (C=O) groups excluding carboxylic acids is 2. The molecule has 3 heterocycles. The van der Waals surface area contributed by atoms with Crippen molar-refractivity contribution in [2.24, 2.45) is 4.99 Å². The molecule has 182 valence electrons. The van der Waals surface area contributed by atoms with Gasteiger partial charge >= 0.3 is 5.97 Å². The summed E-state index contributed by atoms with van der Waals surface area (Å²) >= 11 is 1.48. The molecule has 0 aliphatic carbocycles. The highest BCUT2D eigenvalue weighted by atomic mass is 32.2. The minimum atomic E-state index is -0.429. The number of ether oxygens (including phenoxy) is 3. The number of rotatable bonds is 7. The van der Waals surface area contributed by atoms with Gasteiger partial charge in [0.2, 0.25) is 5.91 Å². The molecular weight excluding hydrogens is 454 g/mol. The first-order valence-electron chi connectivity index (χ1n) is 11.4. The molecule has 0 N–H and O–H groups in total. The number of amidine groups is 1. The Morgan fingerprint density at radius 3 is 2.65 bits per heavy atom. The predicted octanol–water partition coefficient (Wildman–Crippen LogP) is 3.32. The van der Waals surface area contributed by atoms with Crippen molar-refractivity contribution in [1.29, 1.82) is 0 Å². The van der Waals surface area contributed by atoms with Crippen LogP contribution in [0.2, 0.25) is 0 Å². The summed E-state index contributed by atoms with van der Waals surface area (Å²) in [6.07, 6.45) is 0.235. The van der Waals surface area contributed by atoms with Gasteiger partial charge in [-0.1, -0.05) is 35.5 Å². The fourth-order valence-electron chi connectivity index (χ4n) is 4.43. The van der Waals surface area contributed by atoms with E-state index >= 15 is 0 Å². The third kappa shape index (κ3) is 5.06. The number of thioether (sulfide) groups is 1. The predicted molar refractivity (Wildman–Crippen MR) is 131 cm³/mol. The lowest BCUT2D eigenvalue weighted by Gasteiger charge is -2.37. The molecule has 0 spiro atoms. The Morgan fingerprint density at radius 2 is 1.94 bits per heavy atom. The molecule has 1 aromatic rings. The Kier molecular flexibility index (Phi) is 7.75. The molecule has 34 heavy (non-hydrogen) atoms. The quantitative estimate of drug-likeness (QED) is 0.433. The number of aryl methyl sites for hydroxylation is 2. The van der Waals surface area contributed by atoms with Crippen molar-refractivity contribution in [3.05, 3.63) is 57.3 Å². The third-order valence-corrected chi connectivity index (χ3v) is 7.05. The SMILES string of the molecule is COCCOC(=O)C1=C(C)N=C2SC=C(CC(=O)N3CCOCC3)N2[C@H]1c1ccc(C)cc1C. The van der Waals surface area contributed by atoms with E-state index in [1.165, 1.54) is 11.8 Å². The molecule has 3 aliphatic rings. The molecule has 0 aromatic heterocycles. The van der Waals surface area contributed by atoms with Crippen molar-refractivity contribution in [2.75, 3.05) is 46.6 Å². The summed E-state index contributed by atoms with van der Waals surface area (Å²) in [5.74, 6) is -0.371. The largest absolute Gasteiger partial charge is 0.460 e. The molecular formula is C25H31N3O5S. The molecule has 1 aromatic carbocycles. The zero-order valence-corrected chi connectivity index (χ0v) is 20.9. The van der Waals surface area contributed by atoms with Gasteiger partial charge in [0.1, 0.15) is 6.61 Å². The minimum absolute atomic E-state index is 0.0475. The normalized spacial score (nSPS) is 20.2. The van der Waals surface area contributed by atoms with Gasteiger partial charge in [0.05, 0.1) is 43.6 Å². The standard InChI is InChI=1S/C25H31N3O5S/c1-16-5-6-20(17(2)13-16)23-22(24(30)33-12-11-31-4)18(3)26-25-28(23)19(15-34-25)14-21(29)27-7-9-32-10-8-27/h5-6,13,15,23H,7-12,14H2,1-4H3/t23-/m0/s1. The van der Waals surface area contributed by atoms with Crippen LogP contribution in [0.1, 0.15) is 36.1 Å². The van der Waals surface area contributed by atoms with E-state index in [1.807, 2.05) is 42.0 Å². The van der Waals surface area contributed by atoms with Gasteiger partial charge in [-0.05, 0) is 37.3 Å². The number of hydrogen-bond acceptors (Lipinski definition) is 8. The van der Waals surface area contributed by atoms with Gasteiger partial charge in [0.25, 0.3) is 0 Å². The van der Waals surface area contributed by atoms with Crippen LogP contribution >= 0.6 is 11.8 Å². The number of aliphatic imine (C=N–C) groups is 1. The molecule has 1 saturated heterocycles. The molecule has 9 heteroatoms. The molecule has 0 radical (unpaired) electrons. The lowest BCUT2D eigenvalue weighted by atomic mass is 9.90. The highest BCUT2D eigenvalue weighted by molar-refractivity contribution is 8.16. The number of nitrogens with zero attached hydrogens (tertiary/aromatic N) is 3. The number of carbonyl (C=O) groups is 2. The summed E-state index contributed by atoms with van der Waals surface area (Å²) in [6.45, 7) is 8.71. The number of morpholine rings is 1. The fourth-order valence-corrected chi connectivity index (χ4v) is 5.40. The number of esters is 1. The highest BCUT2D eigenvalue weighted by Crippen LogP contribution is 2.45. The number of methoxy groups -OCH3 is 1. The van der Waals surface area contributed by atoms with Gasteiger partial charge in [-0.2, -0.15) is 0 Å². The van der Waals surface area contributed by atoms with E-state index < -0.39 is 12.0 Å². The van der Waals surface area contributed by atoms with E-state index in [9.17, 15) is 9.59 Å². The maximum absolute atomic E-state index is 13.3. The van der Waals surface area contributed by atoms with Gasteiger partial charge in [-0.25, -0.2) is 9.79 Å². The molecule has 4 rings (SSSR count). The topological polar surface area (TPSA) is 80.7 Å². The summed E-state index contributed by atoms with van der Waals surface area (Å²) in [4.78, 5) is 34.9. The van der Waals surface area contributed by atoms with Crippen molar-refractivity contribution in [2.45, 2.75) is 33.2 Å². The van der Waals surface area contributed by atoms with Crippen LogP contribution in [0.5, 0.6) is 0 Å². The average molecular weight is 486 g/mol. The second-order valence-electron chi connectivity index (χ2n) is 8.55. The van der Waals surface area contributed by atoms with E-state index in [4.69, 9.17) is 19.2 Å². The third-order valence-electron chi connectivity index (χ3n) is 6.16. The van der Waals surface area contributed by atoms with Crippen molar-refractivity contribution < 1.29 is 23.8 Å². The first-order valence-corrected chi connectivity index (χ1v) is 12.3. The average Bonchev–Trinajstić information content (AvgIpc) is 3.21. The summed E-state index contributed by atoms with van der Waals surface area (Å²) in [5.41, 5.74) is 5.14. The van der Waals surface area contributed by atoms with Gasteiger partial charge in [-0.3, -0.25) is 4.79 Å². The van der Waals surface area contributed by atoms with Crippen molar-refractivity contribution >= 4 is 28.8 Å². The Labute approximate surface area is 204 Å². The molecule has 0 saturated carbocycles. The van der Waals surface area contributed by atoms with E-state index in [0.29, 0.717) is 44.2 Å². The van der Waals surface area contributed by atoms with Crippen molar-refractivity contribution in [1.82, 2.24) is 9.80 Å². The van der Waals surface area contributed by atoms with E-state index in [2.05, 4.69) is 12.1 Å². The highest BCUT2D eigenvalue weighted by Gasteiger charge is 2.42. The molecule has 1 atom stereocenters. The monoisotopic (exact) mass is 485 g/mol. The van der Waals surface area contributed by atoms with Gasteiger partial charge < -0.3 is 24.0 Å². The van der Waals surface area contributed by atoms with Gasteiger partial charge in [-0.15, -0.1) is 0 Å². The van der Waals surface area contributed by atoms with Crippen molar-refractivity contribution in [3.8, 4) is 0 Å². The second-order valence-corrected chi connectivity index (χ2v) is 9.39. The molecule has 0 bridgehead atoms. The zero-order valence-electron chi connectivity index (χ0n) is 20.1. The number of allylic oxidation sites excluding steroid dienone is 1. The molecule has 0 unspecified atom stereocenters. The van der Waals surface area contributed by atoms with Crippen LogP contribution < -0.4 is 0 Å². The first kappa shape index (κ1) is 24.5. The lowest BCUT2D eigenvalue weighted by Crippen LogP contribution is -2.42. The van der Waals surface area contributed by atoms with Crippen molar-refractivity contribution in [3.63, 3.8) is 0 Å². The Morgan fingerprint density at radius 1 is 1.18 bits per heavy atom. The maximum Gasteiger partial charge on any atom is 0.338 e. The summed E-state index contributed by atoms with van der Waals surface area (Å²) in [6, 6.07) is 5.78. The second kappa shape index (κ2) is 10.8. The van der Waals surface area contributed by atoms with Crippen LogP contribution in [0.15, 0.2) is 45.6 Å². The lowest BCUT2D eigenvalue weighted by molar-refractivity contribution is -0.141. The van der Waals surface area contributed by atoms with Crippen LogP contribution in [-0.4, -0.2) is 73.5 Å². The van der Waals surface area contributed by atoms with E-state index in [1.54, 1.807) is 7.11 Å². The number of hydrogen-bond donors (Lipinski definition) is 0. The van der Waals surface area contributed by atoms with Crippen LogP contribution in [0.4, 0.5) is 0 Å². The maximum atomic E-state index is 13.3. The molecule has 1 fully saturated rings. The van der Waals surface area contributed by atoms with Gasteiger partial charge in [0, 0.05) is 25.9 Å². The number of benzene rings is 1. The van der Waals surface area contributed by atoms with Crippen LogP contribution in [0, 0.1) is 13.8 Å². The van der Waals surface area contributed by atoms with E-state index in [-0.39, 0.29) is 18.9 Å². The molecule has 8 nitrogen and oxygen atoms in total. The fraction of sp³-hybridized carbons (Fsp3) is 0.480. The van der Waals surface area contributed by atoms with E-state index in [0.717, 1.165) is 27.6 Å². The number of fused-ring (bicyclic) bond motifs is 1. The van der Waals surface area contributed by atoms with Crippen LogP contribution in [0.25, 0.3) is 0 Å². The Balaban J connectivity index is 1.69. The molecule has 1 amide bonds. The summed E-state index contributed by atoms with van der Waals surface area (Å²) in [7, 11) is 1.57. The first-order chi connectivity index (χ1) is 16.4. The van der Waals surface area contributed by atoms with Crippen LogP contribution in [0.3, 0.4) is 0 Å².